The standard InChI is InChI=1S/C19H20N2O7/c1-4-12(2)14-5-10-18(21(25)26)17(11-14)13(3)27-19(22)28-16-8-6-15(7-9-16)20(23)24/h5-13H,4H2,1-3H3. The second-order valence-corrected chi connectivity index (χ2v) is 6.25. The first-order chi connectivity index (χ1) is 13.2. The summed E-state index contributed by atoms with van der Waals surface area (Å²) >= 11 is 0. The van der Waals surface area contributed by atoms with E-state index in [0.717, 1.165) is 12.0 Å². The zero-order valence-electron chi connectivity index (χ0n) is 15.7. The van der Waals surface area contributed by atoms with E-state index in [0.29, 0.717) is 0 Å². The van der Waals surface area contributed by atoms with Crippen molar-refractivity contribution in [2.45, 2.75) is 39.2 Å². The highest BCUT2D eigenvalue weighted by Crippen LogP contribution is 2.32. The number of nitro benzene ring substituents is 2. The average Bonchev–Trinajstić information content (AvgIpc) is 2.66. The quantitative estimate of drug-likeness (QED) is 0.273. The van der Waals surface area contributed by atoms with Crippen molar-refractivity contribution >= 4 is 17.5 Å². The molecule has 148 valence electrons. The predicted molar refractivity (Wildman–Crippen MR) is 100 cm³/mol. The highest BCUT2D eigenvalue weighted by atomic mass is 16.7. The number of carbonyl (C=O) groups is 1. The molecule has 0 heterocycles. The molecule has 0 aliphatic rings. The van der Waals surface area contributed by atoms with E-state index in [1.54, 1.807) is 12.1 Å². The number of hydrogen-bond acceptors (Lipinski definition) is 7. The van der Waals surface area contributed by atoms with Crippen LogP contribution in [0.5, 0.6) is 5.75 Å². The maximum atomic E-state index is 12.0. The molecular formula is C19H20N2O7. The molecule has 0 amide bonds. The zero-order chi connectivity index (χ0) is 20.8. The molecule has 0 saturated heterocycles. The van der Waals surface area contributed by atoms with Gasteiger partial charge in [0, 0.05) is 18.2 Å². The van der Waals surface area contributed by atoms with Crippen molar-refractivity contribution in [2.24, 2.45) is 0 Å². The molecule has 0 radical (unpaired) electrons. The van der Waals surface area contributed by atoms with Gasteiger partial charge in [0.25, 0.3) is 11.4 Å². The topological polar surface area (TPSA) is 122 Å². The Morgan fingerprint density at radius 3 is 2.21 bits per heavy atom. The first-order valence-electron chi connectivity index (χ1n) is 8.64. The number of nitro groups is 2. The van der Waals surface area contributed by atoms with Gasteiger partial charge in [-0.2, -0.15) is 0 Å². The molecule has 9 nitrogen and oxygen atoms in total. The van der Waals surface area contributed by atoms with Gasteiger partial charge in [-0.05, 0) is 43.0 Å². The summed E-state index contributed by atoms with van der Waals surface area (Å²) < 4.78 is 10.2. The Bertz CT molecular complexity index is 880. The number of nitrogens with zero attached hydrogens (tertiary/aromatic N) is 2. The summed E-state index contributed by atoms with van der Waals surface area (Å²) in [6, 6.07) is 9.65. The minimum Gasteiger partial charge on any atom is -0.426 e. The van der Waals surface area contributed by atoms with Crippen LogP contribution in [-0.4, -0.2) is 16.0 Å². The molecule has 2 atom stereocenters. The minimum atomic E-state index is -1.07. The van der Waals surface area contributed by atoms with Crippen molar-refractivity contribution in [1.29, 1.82) is 0 Å². The molecular weight excluding hydrogens is 368 g/mol. The molecule has 0 aliphatic carbocycles. The van der Waals surface area contributed by atoms with Gasteiger partial charge < -0.3 is 9.47 Å². The Hall–Kier alpha value is -3.49. The molecule has 2 aromatic carbocycles. The van der Waals surface area contributed by atoms with E-state index in [2.05, 4.69) is 0 Å². The van der Waals surface area contributed by atoms with Gasteiger partial charge in [0.05, 0.1) is 15.4 Å². The Kier molecular flexibility index (Phi) is 6.64. The van der Waals surface area contributed by atoms with Crippen molar-refractivity contribution in [3.63, 3.8) is 0 Å². The minimum absolute atomic E-state index is 0.0608. The maximum absolute atomic E-state index is 12.0. The highest BCUT2D eigenvalue weighted by Gasteiger charge is 2.24. The molecule has 0 N–H and O–H groups in total. The lowest BCUT2D eigenvalue weighted by molar-refractivity contribution is -0.386. The van der Waals surface area contributed by atoms with Crippen LogP contribution in [-0.2, 0) is 4.74 Å². The number of benzene rings is 2. The molecule has 28 heavy (non-hydrogen) atoms. The fourth-order valence-corrected chi connectivity index (χ4v) is 2.57. The summed E-state index contributed by atoms with van der Waals surface area (Å²) in [5.41, 5.74) is 0.875. The lowest BCUT2D eigenvalue weighted by atomic mass is 9.94. The molecule has 2 unspecified atom stereocenters. The first-order valence-corrected chi connectivity index (χ1v) is 8.64. The number of carbonyl (C=O) groups excluding carboxylic acids is 1. The Morgan fingerprint density at radius 2 is 1.68 bits per heavy atom. The first kappa shape index (κ1) is 20.8. The monoisotopic (exact) mass is 388 g/mol. The number of hydrogen-bond donors (Lipinski definition) is 0. The van der Waals surface area contributed by atoms with Crippen LogP contribution in [0, 0.1) is 20.2 Å². The van der Waals surface area contributed by atoms with Gasteiger partial charge in [0.15, 0.2) is 0 Å². The number of rotatable bonds is 7. The second kappa shape index (κ2) is 8.94. The molecule has 0 fully saturated rings. The molecule has 0 aliphatic heterocycles. The molecule has 2 rings (SSSR count). The molecule has 0 bridgehead atoms. The summed E-state index contributed by atoms with van der Waals surface area (Å²) in [6.07, 6.45) is -1.13. The van der Waals surface area contributed by atoms with Crippen LogP contribution in [0.1, 0.15) is 50.3 Å². The van der Waals surface area contributed by atoms with Crippen LogP contribution < -0.4 is 4.74 Å². The number of ether oxygens (including phenoxy) is 2. The van der Waals surface area contributed by atoms with Gasteiger partial charge in [-0.15, -0.1) is 0 Å². The van der Waals surface area contributed by atoms with Gasteiger partial charge >= 0.3 is 6.16 Å². The largest absolute Gasteiger partial charge is 0.514 e. The molecule has 0 saturated carbocycles. The summed E-state index contributed by atoms with van der Waals surface area (Å²) in [6.45, 7) is 5.52. The van der Waals surface area contributed by atoms with Crippen molar-refractivity contribution in [1.82, 2.24) is 0 Å². The van der Waals surface area contributed by atoms with Crippen LogP contribution in [0.2, 0.25) is 0 Å². The number of non-ortho nitro benzene ring substituents is 1. The molecule has 9 heteroatoms. The molecule has 2 aromatic rings. The Morgan fingerprint density at radius 1 is 1.04 bits per heavy atom. The van der Waals surface area contributed by atoms with Crippen LogP contribution >= 0.6 is 0 Å². The third-order valence-corrected chi connectivity index (χ3v) is 4.39. The van der Waals surface area contributed by atoms with Crippen molar-refractivity contribution in [2.75, 3.05) is 0 Å². The van der Waals surface area contributed by atoms with Gasteiger partial charge in [-0.25, -0.2) is 4.79 Å². The third-order valence-electron chi connectivity index (χ3n) is 4.39. The van der Waals surface area contributed by atoms with E-state index < -0.39 is 22.1 Å². The SMILES string of the molecule is CCC(C)c1ccc([N+](=O)[O-])c(C(C)OC(=O)Oc2ccc([N+](=O)[O-])cc2)c1. The van der Waals surface area contributed by atoms with Gasteiger partial charge in [0.1, 0.15) is 11.9 Å². The highest BCUT2D eigenvalue weighted by molar-refractivity contribution is 5.64. The van der Waals surface area contributed by atoms with E-state index in [9.17, 15) is 25.0 Å². The van der Waals surface area contributed by atoms with E-state index in [1.165, 1.54) is 37.3 Å². The normalized spacial score (nSPS) is 12.7. The fourth-order valence-electron chi connectivity index (χ4n) is 2.57. The second-order valence-electron chi connectivity index (χ2n) is 6.25. The predicted octanol–water partition coefficient (Wildman–Crippen LogP) is 5.29. The lowest BCUT2D eigenvalue weighted by Gasteiger charge is -2.16. The van der Waals surface area contributed by atoms with Gasteiger partial charge in [-0.3, -0.25) is 20.2 Å². The third kappa shape index (κ3) is 5.03. The van der Waals surface area contributed by atoms with Crippen LogP contribution in [0.4, 0.5) is 16.2 Å². The zero-order valence-corrected chi connectivity index (χ0v) is 15.7. The molecule has 0 aromatic heterocycles. The smallest absolute Gasteiger partial charge is 0.426 e. The van der Waals surface area contributed by atoms with Gasteiger partial charge in [-0.1, -0.05) is 19.9 Å². The summed E-state index contributed by atoms with van der Waals surface area (Å²) in [5, 5.41) is 22.0. The summed E-state index contributed by atoms with van der Waals surface area (Å²) in [4.78, 5) is 32.9. The molecule has 0 spiro atoms. The van der Waals surface area contributed by atoms with E-state index in [1.807, 2.05) is 13.8 Å². The van der Waals surface area contributed by atoms with Crippen LogP contribution in [0.25, 0.3) is 0 Å². The van der Waals surface area contributed by atoms with E-state index >= 15 is 0 Å². The van der Waals surface area contributed by atoms with E-state index in [-0.39, 0.29) is 28.6 Å². The van der Waals surface area contributed by atoms with Crippen molar-refractivity contribution < 1.29 is 24.1 Å². The van der Waals surface area contributed by atoms with Crippen molar-refractivity contribution in [3.05, 3.63) is 73.8 Å². The Labute approximate surface area is 161 Å². The summed E-state index contributed by atoms with van der Waals surface area (Å²) in [7, 11) is 0. The Balaban J connectivity index is 2.16. The maximum Gasteiger partial charge on any atom is 0.514 e. The van der Waals surface area contributed by atoms with E-state index in [4.69, 9.17) is 9.47 Å². The van der Waals surface area contributed by atoms with Crippen LogP contribution in [0.3, 0.4) is 0 Å². The van der Waals surface area contributed by atoms with Crippen molar-refractivity contribution in [3.8, 4) is 5.75 Å². The lowest BCUT2D eigenvalue weighted by Crippen LogP contribution is -2.14. The average molecular weight is 388 g/mol. The van der Waals surface area contributed by atoms with Crippen LogP contribution in [0.15, 0.2) is 42.5 Å². The fraction of sp³-hybridized carbons (Fsp3) is 0.316. The van der Waals surface area contributed by atoms with Gasteiger partial charge in [0.2, 0.25) is 0 Å². The summed E-state index contributed by atoms with van der Waals surface area (Å²) in [5.74, 6) is 0.254.